The number of rotatable bonds is 9. The third-order valence-electron chi connectivity index (χ3n) is 4.06. The number of nitrogens with one attached hydrogen (secondary N) is 3. The van der Waals surface area contributed by atoms with Crippen LogP contribution in [-0.4, -0.2) is 30.1 Å². The van der Waals surface area contributed by atoms with E-state index in [4.69, 9.17) is 21.7 Å². The summed E-state index contributed by atoms with van der Waals surface area (Å²) in [6, 6.07) is 13.4. The van der Waals surface area contributed by atoms with Crippen molar-refractivity contribution in [3.05, 3.63) is 72.3 Å². The number of hydrogen-bond donors (Lipinski definition) is 3. The molecule has 31 heavy (non-hydrogen) atoms. The van der Waals surface area contributed by atoms with Gasteiger partial charge in [0.05, 0.1) is 6.61 Å². The molecule has 0 fully saturated rings. The topological polar surface area (TPSA) is 88.7 Å². The van der Waals surface area contributed by atoms with Gasteiger partial charge in [0.2, 0.25) is 0 Å². The van der Waals surface area contributed by atoms with Crippen LogP contribution in [0, 0.1) is 5.92 Å². The van der Waals surface area contributed by atoms with Crippen molar-refractivity contribution >= 4 is 29.1 Å². The van der Waals surface area contributed by atoms with Crippen molar-refractivity contribution in [3.8, 4) is 11.5 Å². The summed E-state index contributed by atoms with van der Waals surface area (Å²) in [5.74, 6) is 0.953. The first-order valence-corrected chi connectivity index (χ1v) is 10.3. The first-order valence-electron chi connectivity index (χ1n) is 9.87. The molecule has 3 N–H and O–H groups in total. The summed E-state index contributed by atoms with van der Waals surface area (Å²) in [4.78, 5) is 24.6. The van der Waals surface area contributed by atoms with Crippen LogP contribution in [0.15, 0.2) is 61.2 Å². The highest BCUT2D eigenvalue weighted by molar-refractivity contribution is 7.80. The van der Waals surface area contributed by atoms with Gasteiger partial charge >= 0.3 is 0 Å². The largest absolute Gasteiger partial charge is 0.494 e. The lowest BCUT2D eigenvalue weighted by Gasteiger charge is -2.12. The summed E-state index contributed by atoms with van der Waals surface area (Å²) in [5, 5.41) is 2.49. The Morgan fingerprint density at radius 1 is 1.00 bits per heavy atom. The minimum atomic E-state index is -0.412. The summed E-state index contributed by atoms with van der Waals surface area (Å²) in [5.41, 5.74) is 5.76. The number of thiocarbonyl (C=S) groups is 1. The smallest absolute Gasteiger partial charge is 0.269 e. The van der Waals surface area contributed by atoms with Crippen LogP contribution in [0.1, 0.15) is 41.0 Å². The van der Waals surface area contributed by atoms with Crippen LogP contribution in [0.3, 0.4) is 0 Å². The fraction of sp³-hybridized carbons (Fsp3) is 0.261. The predicted molar refractivity (Wildman–Crippen MR) is 124 cm³/mol. The first-order chi connectivity index (χ1) is 14.9. The molecule has 0 aliphatic rings. The zero-order valence-corrected chi connectivity index (χ0v) is 18.5. The van der Waals surface area contributed by atoms with E-state index in [1.54, 1.807) is 54.6 Å². The molecule has 8 heteroatoms. The molecule has 0 aromatic heterocycles. The average Bonchev–Trinajstić information content (AvgIpc) is 2.76. The van der Waals surface area contributed by atoms with E-state index in [1.807, 2.05) is 0 Å². The van der Waals surface area contributed by atoms with Crippen LogP contribution in [0.5, 0.6) is 11.5 Å². The van der Waals surface area contributed by atoms with E-state index in [-0.39, 0.29) is 5.11 Å². The van der Waals surface area contributed by atoms with Crippen molar-refractivity contribution in [1.82, 2.24) is 16.2 Å². The fourth-order valence-corrected chi connectivity index (χ4v) is 2.53. The molecule has 2 amide bonds. The highest BCUT2D eigenvalue weighted by Gasteiger charge is 2.11. The second-order valence-corrected chi connectivity index (χ2v) is 7.45. The van der Waals surface area contributed by atoms with E-state index in [9.17, 15) is 9.59 Å². The molecule has 0 saturated carbocycles. The maximum absolute atomic E-state index is 12.4. The highest BCUT2D eigenvalue weighted by Crippen LogP contribution is 2.14. The van der Waals surface area contributed by atoms with Crippen LogP contribution in [0.4, 0.5) is 0 Å². The number of amides is 2. The molecular weight excluding hydrogens is 414 g/mol. The molecule has 0 unspecified atom stereocenters. The van der Waals surface area contributed by atoms with Gasteiger partial charge in [-0.25, -0.2) is 0 Å². The van der Waals surface area contributed by atoms with Gasteiger partial charge in [-0.15, -0.1) is 0 Å². The molecule has 0 aliphatic heterocycles. The molecule has 0 saturated heterocycles. The van der Waals surface area contributed by atoms with Gasteiger partial charge in [-0.2, -0.15) is 0 Å². The Balaban J connectivity index is 1.82. The molecule has 2 aromatic carbocycles. The highest BCUT2D eigenvalue weighted by atomic mass is 32.1. The monoisotopic (exact) mass is 441 g/mol. The van der Waals surface area contributed by atoms with Crippen molar-refractivity contribution in [2.75, 3.05) is 13.2 Å². The van der Waals surface area contributed by atoms with Crippen molar-refractivity contribution in [1.29, 1.82) is 0 Å². The lowest BCUT2D eigenvalue weighted by atomic mass is 10.1. The van der Waals surface area contributed by atoms with Gasteiger partial charge in [0.15, 0.2) is 5.11 Å². The summed E-state index contributed by atoms with van der Waals surface area (Å²) >= 11 is 5.08. The Bertz CT molecular complexity index is 913. The number of hydrogen-bond acceptors (Lipinski definition) is 5. The number of ether oxygens (including phenoxy) is 2. The van der Waals surface area contributed by atoms with Gasteiger partial charge in [0.1, 0.15) is 18.1 Å². The standard InChI is InChI=1S/C23H27N3O4S/c1-4-13-29-19-10-8-17(9-11-19)22(28)25-26-23(31)24-21(27)18-6-5-7-20(15-18)30-14-12-16(2)3/h4-11,15-16H,1,12-14H2,2-3H3,(H,25,28)(H2,24,26,27,31). The Morgan fingerprint density at radius 3 is 2.42 bits per heavy atom. The summed E-state index contributed by atoms with van der Waals surface area (Å²) in [6.45, 7) is 8.78. The third-order valence-corrected chi connectivity index (χ3v) is 4.27. The van der Waals surface area contributed by atoms with Crippen LogP contribution in [0.2, 0.25) is 0 Å². The molecule has 0 spiro atoms. The molecule has 0 radical (unpaired) electrons. The Morgan fingerprint density at radius 2 is 1.74 bits per heavy atom. The second-order valence-electron chi connectivity index (χ2n) is 7.05. The lowest BCUT2D eigenvalue weighted by molar-refractivity contribution is 0.0934. The Hall–Kier alpha value is -3.39. The quantitative estimate of drug-likeness (QED) is 0.313. The number of benzene rings is 2. The molecule has 2 rings (SSSR count). The normalized spacial score (nSPS) is 10.2. The number of carbonyl (C=O) groups is 2. The van der Waals surface area contributed by atoms with E-state index < -0.39 is 11.8 Å². The molecule has 0 atom stereocenters. The maximum atomic E-state index is 12.4. The van der Waals surface area contributed by atoms with Crippen molar-refractivity contribution in [2.45, 2.75) is 20.3 Å². The molecule has 7 nitrogen and oxygen atoms in total. The molecule has 0 heterocycles. The Kier molecular flexibility index (Phi) is 9.51. The molecule has 2 aromatic rings. The van der Waals surface area contributed by atoms with Crippen molar-refractivity contribution < 1.29 is 19.1 Å². The minimum absolute atomic E-state index is 0.0320. The molecule has 0 aliphatic carbocycles. The predicted octanol–water partition coefficient (Wildman–Crippen LogP) is 3.63. The summed E-state index contributed by atoms with van der Waals surface area (Å²) < 4.78 is 11.0. The zero-order valence-electron chi connectivity index (χ0n) is 17.6. The van der Waals surface area contributed by atoms with E-state index in [0.29, 0.717) is 41.8 Å². The third kappa shape index (κ3) is 8.47. The van der Waals surface area contributed by atoms with Gasteiger partial charge < -0.3 is 9.47 Å². The average molecular weight is 442 g/mol. The van der Waals surface area contributed by atoms with Gasteiger partial charge in [0.25, 0.3) is 11.8 Å². The number of hydrazine groups is 1. The Labute approximate surface area is 187 Å². The SMILES string of the molecule is C=CCOc1ccc(C(=O)NNC(=S)NC(=O)c2cccc(OCCC(C)C)c2)cc1. The maximum Gasteiger partial charge on any atom is 0.269 e. The van der Waals surface area contributed by atoms with Crippen molar-refractivity contribution in [2.24, 2.45) is 5.92 Å². The van der Waals surface area contributed by atoms with E-state index >= 15 is 0 Å². The van der Waals surface area contributed by atoms with E-state index in [2.05, 4.69) is 36.6 Å². The van der Waals surface area contributed by atoms with Gasteiger partial charge in [-0.3, -0.25) is 25.8 Å². The lowest BCUT2D eigenvalue weighted by Crippen LogP contribution is -2.48. The molecule has 164 valence electrons. The first kappa shape index (κ1) is 23.9. The van der Waals surface area contributed by atoms with Gasteiger partial charge in [-0.05, 0) is 67.0 Å². The minimum Gasteiger partial charge on any atom is -0.494 e. The summed E-state index contributed by atoms with van der Waals surface area (Å²) in [7, 11) is 0. The van der Waals surface area contributed by atoms with Gasteiger partial charge in [0, 0.05) is 11.1 Å². The van der Waals surface area contributed by atoms with Crippen LogP contribution in [-0.2, 0) is 0 Å². The zero-order chi connectivity index (χ0) is 22.6. The summed E-state index contributed by atoms with van der Waals surface area (Å²) in [6.07, 6.45) is 2.56. The van der Waals surface area contributed by atoms with Gasteiger partial charge in [-0.1, -0.05) is 32.6 Å². The van der Waals surface area contributed by atoms with Crippen molar-refractivity contribution in [3.63, 3.8) is 0 Å². The fourth-order valence-electron chi connectivity index (χ4n) is 2.39. The number of carbonyl (C=O) groups excluding carboxylic acids is 2. The molecular formula is C23H27N3O4S. The van der Waals surface area contributed by atoms with Crippen LogP contribution in [0.25, 0.3) is 0 Å². The second kappa shape index (κ2) is 12.3. The van der Waals surface area contributed by atoms with Crippen LogP contribution >= 0.6 is 12.2 Å². The molecule has 0 bridgehead atoms. The van der Waals surface area contributed by atoms with Crippen LogP contribution < -0.4 is 25.6 Å². The van der Waals surface area contributed by atoms with E-state index in [0.717, 1.165) is 6.42 Å². The van der Waals surface area contributed by atoms with E-state index in [1.165, 1.54) is 0 Å².